The molecule has 0 amide bonds. The van der Waals surface area contributed by atoms with Crippen LogP contribution in [0.25, 0.3) is 11.1 Å². The molecule has 1 heterocycles. The lowest BCUT2D eigenvalue weighted by molar-refractivity contribution is -0.121. The summed E-state index contributed by atoms with van der Waals surface area (Å²) in [5.41, 5.74) is 2.62. The number of benzene rings is 2. The molecule has 6 nitrogen and oxygen atoms in total. The summed E-state index contributed by atoms with van der Waals surface area (Å²) in [5, 5.41) is 10.1. The summed E-state index contributed by atoms with van der Waals surface area (Å²) in [7, 11) is 1.42. The van der Waals surface area contributed by atoms with Crippen LogP contribution in [0.2, 0.25) is 0 Å². The Kier molecular flexibility index (Phi) is 5.64. The molecule has 0 unspecified atom stereocenters. The fraction of sp³-hybridized carbons (Fsp3) is 0.333. The van der Waals surface area contributed by atoms with E-state index in [9.17, 15) is 14.7 Å². The number of ether oxygens (including phenoxy) is 3. The van der Waals surface area contributed by atoms with Gasteiger partial charge in [0.1, 0.15) is 13.2 Å². The highest BCUT2D eigenvalue weighted by Gasteiger charge is 2.27. The second-order valence-corrected chi connectivity index (χ2v) is 6.33. The number of phenolic OH excluding ortho intramolecular Hbond substituents is 1. The van der Waals surface area contributed by atoms with Crippen LogP contribution >= 0.6 is 0 Å². The molecule has 142 valence electrons. The summed E-state index contributed by atoms with van der Waals surface area (Å²) in [4.78, 5) is 23.9. The molecule has 0 fully saturated rings. The maximum Gasteiger partial charge on any atom is 0.338 e. The van der Waals surface area contributed by atoms with Crippen LogP contribution in [0.4, 0.5) is 0 Å². The normalized spacial score (nSPS) is 12.4. The number of cyclic esters (lactones) is 1. The van der Waals surface area contributed by atoms with Gasteiger partial charge < -0.3 is 19.3 Å². The second-order valence-electron chi connectivity index (χ2n) is 6.33. The van der Waals surface area contributed by atoms with E-state index < -0.39 is 0 Å². The zero-order chi connectivity index (χ0) is 19.4. The quantitative estimate of drug-likeness (QED) is 0.710. The number of fused-ring (bicyclic) bond motifs is 1. The van der Waals surface area contributed by atoms with Crippen LogP contribution in [0.1, 0.15) is 42.1 Å². The van der Waals surface area contributed by atoms with Gasteiger partial charge in [-0.1, -0.05) is 25.5 Å². The van der Waals surface area contributed by atoms with Gasteiger partial charge in [0.05, 0.1) is 12.7 Å². The topological polar surface area (TPSA) is 82.1 Å². The number of carbonyl (C=O) groups excluding carboxylic acids is 2. The third kappa shape index (κ3) is 3.74. The number of hydrogen-bond acceptors (Lipinski definition) is 6. The van der Waals surface area contributed by atoms with Crippen molar-refractivity contribution in [1.29, 1.82) is 0 Å². The van der Waals surface area contributed by atoms with Gasteiger partial charge in [0.2, 0.25) is 5.75 Å². The van der Waals surface area contributed by atoms with E-state index in [1.165, 1.54) is 13.2 Å². The molecule has 0 atom stereocenters. The number of Topliss-reactive ketones (excluding diaryl/α,β-unsaturated/α-hetero) is 1. The number of methoxy groups -OCH3 is 1. The average Bonchev–Trinajstić information content (AvgIpc) is 3.06. The van der Waals surface area contributed by atoms with Gasteiger partial charge in [0.25, 0.3) is 0 Å². The Balaban J connectivity index is 2.01. The largest absolute Gasteiger partial charge is 0.504 e. The SMILES string of the molecule is CCCCC(=O)COc1c(-c2cccc3c2COC3=O)ccc(O)c1OC. The summed E-state index contributed by atoms with van der Waals surface area (Å²) >= 11 is 0. The molecule has 1 aliphatic heterocycles. The van der Waals surface area contributed by atoms with Crippen molar-refractivity contribution in [3.05, 3.63) is 41.5 Å². The van der Waals surface area contributed by atoms with E-state index in [2.05, 4.69) is 0 Å². The van der Waals surface area contributed by atoms with Crippen molar-refractivity contribution < 1.29 is 28.9 Å². The predicted molar refractivity (Wildman–Crippen MR) is 99.2 cm³/mol. The van der Waals surface area contributed by atoms with Crippen LogP contribution < -0.4 is 9.47 Å². The maximum atomic E-state index is 12.0. The number of carbonyl (C=O) groups is 2. The summed E-state index contributed by atoms with van der Waals surface area (Å²) < 4.78 is 16.2. The Morgan fingerprint density at radius 3 is 2.67 bits per heavy atom. The summed E-state index contributed by atoms with van der Waals surface area (Å²) in [6, 6.07) is 8.49. The van der Waals surface area contributed by atoms with Crippen molar-refractivity contribution in [3.8, 4) is 28.4 Å². The van der Waals surface area contributed by atoms with Gasteiger partial charge in [0.15, 0.2) is 17.3 Å². The molecular weight excluding hydrogens is 348 g/mol. The Morgan fingerprint density at radius 1 is 1.15 bits per heavy atom. The lowest BCUT2D eigenvalue weighted by Gasteiger charge is -2.17. The molecule has 0 bridgehead atoms. The standard InChI is InChI=1S/C21H22O6/c1-3-4-6-13(22)11-26-19-15(9-10-18(23)20(19)25-2)14-7-5-8-16-17(14)12-27-21(16)24/h5,7-10,23H,3-4,6,11-12H2,1-2H3. The minimum atomic E-state index is -0.366. The van der Waals surface area contributed by atoms with Crippen molar-refractivity contribution in [1.82, 2.24) is 0 Å². The van der Waals surface area contributed by atoms with E-state index in [1.807, 2.05) is 13.0 Å². The number of aromatic hydroxyl groups is 1. The van der Waals surface area contributed by atoms with Crippen molar-refractivity contribution >= 4 is 11.8 Å². The fourth-order valence-electron chi connectivity index (χ4n) is 3.11. The van der Waals surface area contributed by atoms with E-state index in [0.29, 0.717) is 17.5 Å². The van der Waals surface area contributed by atoms with Gasteiger partial charge in [-0.25, -0.2) is 4.79 Å². The van der Waals surface area contributed by atoms with Gasteiger partial charge in [0, 0.05) is 17.5 Å². The highest BCUT2D eigenvalue weighted by molar-refractivity contribution is 5.96. The van der Waals surface area contributed by atoms with Crippen LogP contribution in [-0.2, 0) is 16.1 Å². The first-order valence-electron chi connectivity index (χ1n) is 8.90. The van der Waals surface area contributed by atoms with Crippen molar-refractivity contribution in [3.63, 3.8) is 0 Å². The molecular formula is C21H22O6. The Morgan fingerprint density at radius 2 is 1.93 bits per heavy atom. The molecule has 0 saturated heterocycles. The van der Waals surface area contributed by atoms with Crippen LogP contribution in [0.3, 0.4) is 0 Å². The summed E-state index contributed by atoms with van der Waals surface area (Å²) in [6.07, 6.45) is 2.17. The molecule has 27 heavy (non-hydrogen) atoms. The Bertz CT molecular complexity index is 871. The van der Waals surface area contributed by atoms with Crippen molar-refractivity contribution in [2.75, 3.05) is 13.7 Å². The van der Waals surface area contributed by atoms with Crippen LogP contribution in [0.15, 0.2) is 30.3 Å². The van der Waals surface area contributed by atoms with Crippen LogP contribution in [0.5, 0.6) is 17.2 Å². The molecule has 0 spiro atoms. The van der Waals surface area contributed by atoms with Crippen molar-refractivity contribution in [2.24, 2.45) is 0 Å². The first-order valence-corrected chi connectivity index (χ1v) is 8.90. The fourth-order valence-corrected chi connectivity index (χ4v) is 3.11. The number of phenols is 1. The molecule has 1 aliphatic rings. The summed E-state index contributed by atoms with van der Waals surface area (Å²) in [5.74, 6) is -0.0503. The Labute approximate surface area is 157 Å². The molecule has 1 N–H and O–H groups in total. The number of unbranched alkanes of at least 4 members (excludes halogenated alkanes) is 1. The van der Waals surface area contributed by atoms with Crippen LogP contribution in [0, 0.1) is 0 Å². The zero-order valence-electron chi connectivity index (χ0n) is 15.4. The molecule has 3 rings (SSSR count). The van der Waals surface area contributed by atoms with Crippen molar-refractivity contribution in [2.45, 2.75) is 32.8 Å². The van der Waals surface area contributed by atoms with Gasteiger partial charge in [-0.3, -0.25) is 4.79 Å². The third-order valence-corrected chi connectivity index (χ3v) is 4.52. The first kappa shape index (κ1) is 18.8. The molecule has 0 aromatic heterocycles. The third-order valence-electron chi connectivity index (χ3n) is 4.52. The molecule has 6 heteroatoms. The number of hydrogen-bond donors (Lipinski definition) is 1. The first-order chi connectivity index (χ1) is 13.1. The lowest BCUT2D eigenvalue weighted by atomic mass is 9.95. The molecule has 0 aliphatic carbocycles. The average molecular weight is 370 g/mol. The molecule has 2 aromatic rings. The van der Waals surface area contributed by atoms with E-state index >= 15 is 0 Å². The van der Waals surface area contributed by atoms with Gasteiger partial charge in [-0.15, -0.1) is 0 Å². The predicted octanol–water partition coefficient (Wildman–Crippen LogP) is 3.88. The number of ketones is 1. The van der Waals surface area contributed by atoms with Gasteiger partial charge in [-0.2, -0.15) is 0 Å². The molecule has 0 radical (unpaired) electrons. The number of rotatable bonds is 8. The van der Waals surface area contributed by atoms with E-state index in [-0.39, 0.29) is 42.2 Å². The molecule has 0 saturated carbocycles. The van der Waals surface area contributed by atoms with Gasteiger partial charge >= 0.3 is 5.97 Å². The van der Waals surface area contributed by atoms with Crippen LogP contribution in [-0.4, -0.2) is 30.6 Å². The molecule has 2 aromatic carbocycles. The van der Waals surface area contributed by atoms with E-state index in [1.54, 1.807) is 18.2 Å². The highest BCUT2D eigenvalue weighted by atomic mass is 16.5. The van der Waals surface area contributed by atoms with Gasteiger partial charge in [-0.05, 0) is 30.2 Å². The lowest BCUT2D eigenvalue weighted by Crippen LogP contribution is -2.12. The highest BCUT2D eigenvalue weighted by Crippen LogP contribution is 2.45. The summed E-state index contributed by atoms with van der Waals surface area (Å²) in [6.45, 7) is 2.07. The monoisotopic (exact) mass is 370 g/mol. The second kappa shape index (κ2) is 8.12. The minimum absolute atomic E-state index is 0.0232. The smallest absolute Gasteiger partial charge is 0.338 e. The minimum Gasteiger partial charge on any atom is -0.504 e. The maximum absolute atomic E-state index is 12.0. The van der Waals surface area contributed by atoms with E-state index in [4.69, 9.17) is 14.2 Å². The zero-order valence-corrected chi connectivity index (χ0v) is 15.4. The Hall–Kier alpha value is -3.02. The number of esters is 1. The van der Waals surface area contributed by atoms with E-state index in [0.717, 1.165) is 24.0 Å².